The molecule has 2 aliphatic rings. The summed E-state index contributed by atoms with van der Waals surface area (Å²) in [6, 6.07) is -2.81. The molecule has 0 amide bonds. The fraction of sp³-hybridized carbons (Fsp3) is 1.00. The molecule has 15 heavy (non-hydrogen) atoms. The summed E-state index contributed by atoms with van der Waals surface area (Å²) in [4.78, 5) is 0. The van der Waals surface area contributed by atoms with Crippen molar-refractivity contribution < 1.29 is 9.47 Å². The summed E-state index contributed by atoms with van der Waals surface area (Å²) in [6.07, 6.45) is 5.45. The van der Waals surface area contributed by atoms with Crippen molar-refractivity contribution in [2.75, 3.05) is 13.2 Å². The summed E-state index contributed by atoms with van der Waals surface area (Å²) in [5, 5.41) is -0.456. The molecule has 2 nitrogen and oxygen atoms in total. The quantitative estimate of drug-likeness (QED) is 0.450. The average molecular weight is 290 g/mol. The topological polar surface area (TPSA) is 21.8 Å². The number of halogens is 3. The third-order valence-corrected chi connectivity index (χ3v) is 7.90. The monoisotopic (exact) mass is 288 g/mol. The Bertz CT molecular complexity index is 222. The van der Waals surface area contributed by atoms with Crippen molar-refractivity contribution in [2.24, 2.45) is 0 Å². The van der Waals surface area contributed by atoms with E-state index >= 15 is 0 Å². The summed E-state index contributed by atoms with van der Waals surface area (Å²) in [7, 11) is 0. The van der Waals surface area contributed by atoms with E-state index in [0.717, 1.165) is 32.3 Å². The second-order valence-electron chi connectivity index (χ2n) is 4.32. The van der Waals surface area contributed by atoms with E-state index in [4.69, 9.17) is 42.7 Å². The van der Waals surface area contributed by atoms with Crippen LogP contribution in [-0.2, 0) is 9.47 Å². The van der Waals surface area contributed by atoms with Crippen LogP contribution in [0, 0.1) is 0 Å². The first kappa shape index (κ1) is 12.5. The molecular formula is C9H15Cl3O2Si. The molecule has 0 N–H and O–H groups in total. The highest BCUT2D eigenvalue weighted by Gasteiger charge is 2.53. The van der Waals surface area contributed by atoms with Gasteiger partial charge >= 0.3 is 6.00 Å². The normalized spacial score (nSPS) is 30.2. The highest BCUT2D eigenvalue weighted by atomic mass is 35.8. The van der Waals surface area contributed by atoms with Gasteiger partial charge in [0, 0.05) is 0 Å². The van der Waals surface area contributed by atoms with Crippen LogP contribution in [0.4, 0.5) is 0 Å². The third-order valence-electron chi connectivity index (χ3n) is 3.13. The molecule has 0 aromatic carbocycles. The van der Waals surface area contributed by atoms with Crippen LogP contribution >= 0.6 is 33.2 Å². The summed E-state index contributed by atoms with van der Waals surface area (Å²) < 4.78 is 11.0. The van der Waals surface area contributed by atoms with E-state index in [1.54, 1.807) is 0 Å². The summed E-state index contributed by atoms with van der Waals surface area (Å²) in [6.45, 7) is 1.37. The Labute approximate surface area is 105 Å². The lowest BCUT2D eigenvalue weighted by atomic mass is 9.97. The first-order chi connectivity index (χ1) is 7.04. The zero-order valence-corrected chi connectivity index (χ0v) is 11.7. The molecule has 1 heterocycles. The number of rotatable bonds is 4. The van der Waals surface area contributed by atoms with Crippen molar-refractivity contribution in [2.45, 2.75) is 43.4 Å². The van der Waals surface area contributed by atoms with Crippen molar-refractivity contribution >= 4 is 39.2 Å². The maximum absolute atomic E-state index is 6.18. The van der Waals surface area contributed by atoms with Crippen LogP contribution in [-0.4, -0.2) is 30.5 Å². The molecule has 88 valence electrons. The predicted octanol–water partition coefficient (Wildman–Crippen LogP) is 3.30. The molecule has 2 rings (SSSR count). The molecule has 6 heteroatoms. The maximum atomic E-state index is 6.18. The van der Waals surface area contributed by atoms with Gasteiger partial charge < -0.3 is 9.47 Å². The largest absolute Gasteiger partial charge is 0.372 e. The highest BCUT2D eigenvalue weighted by Crippen LogP contribution is 2.45. The van der Waals surface area contributed by atoms with Crippen LogP contribution in [0.2, 0.25) is 0 Å². The molecule has 0 bridgehead atoms. The van der Waals surface area contributed by atoms with Gasteiger partial charge in [0.1, 0.15) is 11.3 Å². The zero-order chi connectivity index (χ0) is 10.9. The van der Waals surface area contributed by atoms with Gasteiger partial charge in [0.05, 0.1) is 13.2 Å². The molecule has 1 atom stereocenters. The average Bonchev–Trinajstić information content (AvgIpc) is 2.98. The van der Waals surface area contributed by atoms with Crippen molar-refractivity contribution in [3.05, 3.63) is 0 Å². The van der Waals surface area contributed by atoms with Crippen molar-refractivity contribution in [1.29, 1.82) is 0 Å². The Balaban J connectivity index is 1.99. The lowest BCUT2D eigenvalue weighted by molar-refractivity contribution is -0.0170. The smallest absolute Gasteiger partial charge is 0.371 e. The van der Waals surface area contributed by atoms with Crippen LogP contribution in [0.3, 0.4) is 0 Å². The van der Waals surface area contributed by atoms with Crippen LogP contribution < -0.4 is 0 Å². The van der Waals surface area contributed by atoms with Crippen LogP contribution in [0.25, 0.3) is 0 Å². The number of ether oxygens (including phenoxy) is 2. The molecule has 2 fully saturated rings. The molecule has 1 aliphatic heterocycles. The van der Waals surface area contributed by atoms with Crippen molar-refractivity contribution in [3.63, 3.8) is 0 Å². The number of epoxide rings is 1. The van der Waals surface area contributed by atoms with E-state index in [1.165, 1.54) is 6.42 Å². The van der Waals surface area contributed by atoms with E-state index in [-0.39, 0.29) is 6.10 Å². The number of hydrogen-bond acceptors (Lipinski definition) is 2. The molecule has 1 aliphatic carbocycles. The van der Waals surface area contributed by atoms with E-state index in [1.807, 2.05) is 0 Å². The van der Waals surface area contributed by atoms with Gasteiger partial charge in [-0.25, -0.2) is 0 Å². The lowest BCUT2D eigenvalue weighted by Gasteiger charge is -2.40. The minimum absolute atomic E-state index is 0.241. The Morgan fingerprint density at radius 2 is 1.80 bits per heavy atom. The Kier molecular flexibility index (Phi) is 3.91. The zero-order valence-electron chi connectivity index (χ0n) is 8.48. The summed E-state index contributed by atoms with van der Waals surface area (Å²) >= 11 is 18.5. The van der Waals surface area contributed by atoms with E-state index in [9.17, 15) is 0 Å². The Morgan fingerprint density at radius 3 is 2.27 bits per heavy atom. The first-order valence-corrected chi connectivity index (χ1v) is 10.4. The molecule has 1 unspecified atom stereocenters. The molecule has 0 aromatic heterocycles. The van der Waals surface area contributed by atoms with E-state index in [0.29, 0.717) is 6.61 Å². The van der Waals surface area contributed by atoms with Gasteiger partial charge in [-0.1, -0.05) is 19.3 Å². The number of hydrogen-bond donors (Lipinski definition) is 0. The second-order valence-corrected chi connectivity index (χ2v) is 13.1. The Hall–Kier alpha value is 1.01. The van der Waals surface area contributed by atoms with Crippen LogP contribution in [0.1, 0.15) is 32.1 Å². The van der Waals surface area contributed by atoms with E-state index in [2.05, 4.69) is 0 Å². The highest BCUT2D eigenvalue weighted by molar-refractivity contribution is 7.65. The molecule has 0 radical (unpaired) electrons. The van der Waals surface area contributed by atoms with Gasteiger partial charge in [-0.2, -0.15) is 0 Å². The fourth-order valence-electron chi connectivity index (χ4n) is 2.05. The van der Waals surface area contributed by atoms with E-state index < -0.39 is 11.2 Å². The minimum Gasteiger partial charge on any atom is -0.371 e. The Morgan fingerprint density at radius 1 is 1.20 bits per heavy atom. The molecule has 1 saturated carbocycles. The standard InChI is InChI=1S/C9H15Cl3O2Si/c10-15(11,12)9(4-2-1-3-5-9)14-7-8-6-13-8/h8H,1-7H2. The van der Waals surface area contributed by atoms with Gasteiger partial charge in [-0.15, -0.1) is 33.2 Å². The third kappa shape index (κ3) is 3.02. The molecular weight excluding hydrogens is 275 g/mol. The predicted molar refractivity (Wildman–Crippen MR) is 64.8 cm³/mol. The maximum Gasteiger partial charge on any atom is 0.372 e. The first-order valence-electron chi connectivity index (χ1n) is 5.36. The van der Waals surface area contributed by atoms with Gasteiger partial charge in [-0.3, -0.25) is 0 Å². The van der Waals surface area contributed by atoms with Gasteiger partial charge in [0.2, 0.25) is 0 Å². The SMILES string of the molecule is Cl[Si](Cl)(Cl)C1(OCC2CO2)CCCCC1. The fourth-order valence-corrected chi connectivity index (χ4v) is 5.41. The summed E-state index contributed by atoms with van der Waals surface area (Å²) in [5.74, 6) is 0. The minimum atomic E-state index is -2.81. The van der Waals surface area contributed by atoms with Crippen LogP contribution in [0.5, 0.6) is 0 Å². The lowest BCUT2D eigenvalue weighted by Crippen LogP contribution is -2.51. The second kappa shape index (κ2) is 4.71. The molecule has 1 saturated heterocycles. The van der Waals surface area contributed by atoms with Crippen LogP contribution in [0.15, 0.2) is 0 Å². The van der Waals surface area contributed by atoms with Gasteiger partial charge in [0.25, 0.3) is 0 Å². The molecule has 0 spiro atoms. The van der Waals surface area contributed by atoms with Gasteiger partial charge in [0.15, 0.2) is 0 Å². The van der Waals surface area contributed by atoms with Gasteiger partial charge in [-0.05, 0) is 12.8 Å². The van der Waals surface area contributed by atoms with Crippen molar-refractivity contribution in [3.8, 4) is 0 Å². The molecule has 0 aromatic rings. The van der Waals surface area contributed by atoms with Crippen molar-refractivity contribution in [1.82, 2.24) is 0 Å². The summed E-state index contributed by atoms with van der Waals surface area (Å²) in [5.41, 5.74) is 0.